The van der Waals surface area contributed by atoms with Gasteiger partial charge in [0.2, 0.25) is 5.91 Å². The topological polar surface area (TPSA) is 42.0 Å². The van der Waals surface area contributed by atoms with Crippen LogP contribution in [0.5, 0.6) is 0 Å². The first kappa shape index (κ1) is 18.0. The Morgan fingerprint density at radius 2 is 1.92 bits per heavy atom. The number of nitrogens with zero attached hydrogens (tertiary/aromatic N) is 2. The number of benzene rings is 1. The van der Waals surface area contributed by atoms with Crippen LogP contribution >= 0.6 is 0 Å². The van der Waals surface area contributed by atoms with E-state index in [0.29, 0.717) is 24.7 Å². The van der Waals surface area contributed by atoms with Gasteiger partial charge in [0.05, 0.1) is 19.3 Å². The highest BCUT2D eigenvalue weighted by Gasteiger charge is 2.41. The molecule has 3 fully saturated rings. The first-order valence-electron chi connectivity index (χ1n) is 10.0. The molecular formula is C21H30N2O3. The van der Waals surface area contributed by atoms with E-state index in [4.69, 9.17) is 9.47 Å². The lowest BCUT2D eigenvalue weighted by molar-refractivity contribution is -0.135. The molecular weight excluding hydrogens is 328 g/mol. The number of hydrogen-bond donors (Lipinski definition) is 0. The van der Waals surface area contributed by atoms with Crippen LogP contribution in [0.25, 0.3) is 0 Å². The fourth-order valence-electron chi connectivity index (χ4n) is 4.65. The van der Waals surface area contributed by atoms with Crippen LogP contribution in [-0.4, -0.2) is 67.3 Å². The Hall–Kier alpha value is -1.43. The minimum atomic E-state index is 0.153. The fourth-order valence-corrected chi connectivity index (χ4v) is 4.65. The van der Waals surface area contributed by atoms with Gasteiger partial charge in [-0.15, -0.1) is 0 Å². The minimum absolute atomic E-state index is 0.153. The quantitative estimate of drug-likeness (QED) is 0.783. The van der Waals surface area contributed by atoms with Crippen LogP contribution in [0.3, 0.4) is 0 Å². The molecule has 3 aliphatic rings. The van der Waals surface area contributed by atoms with Gasteiger partial charge < -0.3 is 14.4 Å². The number of rotatable bonds is 6. The summed E-state index contributed by atoms with van der Waals surface area (Å²) in [6, 6.07) is 11.2. The SMILES string of the molecule is O=C(COC[C@@H]1C[C@@H]2OCCN(Cc3ccccc3)[C@H]2C1)N1CCCC1. The van der Waals surface area contributed by atoms with E-state index in [9.17, 15) is 4.79 Å². The maximum atomic E-state index is 12.1. The van der Waals surface area contributed by atoms with Crippen LogP contribution in [0.2, 0.25) is 0 Å². The zero-order chi connectivity index (χ0) is 17.8. The molecule has 142 valence electrons. The van der Waals surface area contributed by atoms with Gasteiger partial charge in [0.15, 0.2) is 0 Å². The smallest absolute Gasteiger partial charge is 0.248 e. The minimum Gasteiger partial charge on any atom is -0.375 e. The molecule has 0 radical (unpaired) electrons. The largest absolute Gasteiger partial charge is 0.375 e. The number of carbonyl (C=O) groups is 1. The van der Waals surface area contributed by atoms with Crippen molar-refractivity contribution >= 4 is 5.91 Å². The number of amides is 1. The standard InChI is InChI=1S/C21H30N2O3/c24-21(22-8-4-5-9-22)16-25-15-18-12-19-20(13-18)26-11-10-23(19)14-17-6-2-1-3-7-17/h1-3,6-7,18-20H,4-5,8-16H2/t18-,19-,20-/m0/s1. The summed E-state index contributed by atoms with van der Waals surface area (Å²) in [5.74, 6) is 0.646. The van der Waals surface area contributed by atoms with Gasteiger partial charge in [-0.2, -0.15) is 0 Å². The molecule has 0 spiro atoms. The molecule has 0 bridgehead atoms. The van der Waals surface area contributed by atoms with Gasteiger partial charge in [-0.3, -0.25) is 9.69 Å². The van der Waals surface area contributed by atoms with Crippen molar-refractivity contribution in [1.29, 1.82) is 0 Å². The van der Waals surface area contributed by atoms with Gasteiger partial charge in [-0.05, 0) is 37.2 Å². The lowest BCUT2D eigenvalue weighted by Crippen LogP contribution is -2.47. The predicted octanol–water partition coefficient (Wildman–Crippen LogP) is 2.30. The molecule has 1 saturated carbocycles. The Morgan fingerprint density at radius 1 is 1.12 bits per heavy atom. The molecule has 4 rings (SSSR count). The summed E-state index contributed by atoms with van der Waals surface area (Å²) in [5.41, 5.74) is 1.36. The highest BCUT2D eigenvalue weighted by molar-refractivity contribution is 5.77. The van der Waals surface area contributed by atoms with E-state index >= 15 is 0 Å². The highest BCUT2D eigenvalue weighted by atomic mass is 16.5. The Morgan fingerprint density at radius 3 is 2.73 bits per heavy atom. The molecule has 26 heavy (non-hydrogen) atoms. The zero-order valence-electron chi connectivity index (χ0n) is 15.5. The molecule has 2 aliphatic heterocycles. The molecule has 3 atom stereocenters. The Kier molecular flexibility index (Phi) is 5.88. The van der Waals surface area contributed by atoms with Crippen molar-refractivity contribution < 1.29 is 14.3 Å². The van der Waals surface area contributed by atoms with Crippen molar-refractivity contribution in [3.8, 4) is 0 Å². The fraction of sp³-hybridized carbons (Fsp3) is 0.667. The van der Waals surface area contributed by atoms with Crippen molar-refractivity contribution in [3.63, 3.8) is 0 Å². The van der Waals surface area contributed by atoms with Crippen LogP contribution in [0.4, 0.5) is 0 Å². The summed E-state index contributed by atoms with van der Waals surface area (Å²) in [7, 11) is 0. The van der Waals surface area contributed by atoms with Crippen LogP contribution in [0.1, 0.15) is 31.2 Å². The Balaban J connectivity index is 1.25. The van der Waals surface area contributed by atoms with Gasteiger partial charge in [0.1, 0.15) is 6.61 Å². The number of likely N-dealkylation sites (tertiary alicyclic amines) is 1. The first-order valence-corrected chi connectivity index (χ1v) is 10.0. The maximum absolute atomic E-state index is 12.1. The van der Waals surface area contributed by atoms with Crippen molar-refractivity contribution in [2.45, 2.75) is 44.4 Å². The maximum Gasteiger partial charge on any atom is 0.248 e. The second-order valence-corrected chi connectivity index (χ2v) is 7.87. The van der Waals surface area contributed by atoms with Crippen molar-refractivity contribution in [3.05, 3.63) is 35.9 Å². The molecule has 0 aromatic heterocycles. The molecule has 0 unspecified atom stereocenters. The average molecular weight is 358 g/mol. The molecule has 2 heterocycles. The van der Waals surface area contributed by atoms with E-state index < -0.39 is 0 Å². The summed E-state index contributed by atoms with van der Waals surface area (Å²) in [6.45, 7) is 5.52. The third-order valence-electron chi connectivity index (χ3n) is 6.02. The van der Waals surface area contributed by atoms with E-state index in [0.717, 1.165) is 58.5 Å². The molecule has 1 amide bonds. The van der Waals surface area contributed by atoms with Crippen LogP contribution < -0.4 is 0 Å². The number of hydrogen-bond acceptors (Lipinski definition) is 4. The summed E-state index contributed by atoms with van der Waals surface area (Å²) in [5, 5.41) is 0. The van der Waals surface area contributed by atoms with Crippen molar-refractivity contribution in [2.24, 2.45) is 5.92 Å². The van der Waals surface area contributed by atoms with Gasteiger partial charge in [-0.1, -0.05) is 30.3 Å². The van der Waals surface area contributed by atoms with Gasteiger partial charge >= 0.3 is 0 Å². The third kappa shape index (κ3) is 4.27. The molecule has 1 aliphatic carbocycles. The molecule has 1 aromatic carbocycles. The summed E-state index contributed by atoms with van der Waals surface area (Å²) in [6.07, 6.45) is 4.73. The molecule has 5 nitrogen and oxygen atoms in total. The van der Waals surface area contributed by atoms with Gasteiger partial charge in [0, 0.05) is 32.2 Å². The lowest BCUT2D eigenvalue weighted by atomic mass is 10.1. The molecule has 5 heteroatoms. The Bertz CT molecular complexity index is 588. The van der Waals surface area contributed by atoms with Gasteiger partial charge in [-0.25, -0.2) is 0 Å². The van der Waals surface area contributed by atoms with Crippen molar-refractivity contribution in [2.75, 3.05) is 39.5 Å². The first-order chi connectivity index (χ1) is 12.8. The van der Waals surface area contributed by atoms with E-state index in [2.05, 4.69) is 35.2 Å². The molecule has 0 N–H and O–H groups in total. The molecule has 2 saturated heterocycles. The number of carbonyl (C=O) groups excluding carboxylic acids is 1. The van der Waals surface area contributed by atoms with E-state index in [1.807, 2.05) is 4.90 Å². The van der Waals surface area contributed by atoms with Gasteiger partial charge in [0.25, 0.3) is 0 Å². The number of ether oxygens (including phenoxy) is 2. The third-order valence-corrected chi connectivity index (χ3v) is 6.02. The van der Waals surface area contributed by atoms with E-state index in [1.54, 1.807) is 0 Å². The second kappa shape index (κ2) is 8.51. The van der Waals surface area contributed by atoms with E-state index in [-0.39, 0.29) is 12.5 Å². The van der Waals surface area contributed by atoms with Crippen molar-refractivity contribution in [1.82, 2.24) is 9.80 Å². The Labute approximate surface area is 156 Å². The molecule has 1 aromatic rings. The predicted molar refractivity (Wildman–Crippen MR) is 99.7 cm³/mol. The highest BCUT2D eigenvalue weighted by Crippen LogP contribution is 2.35. The van der Waals surface area contributed by atoms with Crippen LogP contribution in [-0.2, 0) is 20.8 Å². The lowest BCUT2D eigenvalue weighted by Gasteiger charge is -2.37. The van der Waals surface area contributed by atoms with E-state index in [1.165, 1.54) is 5.56 Å². The average Bonchev–Trinajstić information content (AvgIpc) is 3.33. The summed E-state index contributed by atoms with van der Waals surface area (Å²) >= 11 is 0. The van der Waals surface area contributed by atoms with Crippen LogP contribution in [0.15, 0.2) is 30.3 Å². The normalized spacial score (nSPS) is 29.1. The monoisotopic (exact) mass is 358 g/mol. The second-order valence-electron chi connectivity index (χ2n) is 7.87. The summed E-state index contributed by atoms with van der Waals surface area (Å²) < 4.78 is 11.8. The zero-order valence-corrected chi connectivity index (χ0v) is 15.5. The number of morpholine rings is 1. The number of fused-ring (bicyclic) bond motifs is 1. The van der Waals surface area contributed by atoms with Crippen LogP contribution in [0, 0.1) is 5.92 Å². The summed E-state index contributed by atoms with van der Waals surface area (Å²) in [4.78, 5) is 16.6.